The Hall–Kier alpha value is -4.26. The number of hydrogen-bond acceptors (Lipinski definition) is 5. The summed E-state index contributed by atoms with van der Waals surface area (Å²) < 4.78 is 5.89. The largest absolute Gasteiger partial charge is 0.457 e. The number of urea groups is 1. The zero-order chi connectivity index (χ0) is 25.8. The SMILES string of the molecule is CN(C)c1cc(NC2CCC(N(C(N)=O)c3ccc(Oc4ccccc4)cc3)CC2)nc2ccccc12. The highest BCUT2D eigenvalue weighted by Crippen LogP contribution is 2.32. The van der Waals surface area contributed by atoms with Crippen LogP contribution in [0.5, 0.6) is 11.5 Å². The monoisotopic (exact) mass is 495 g/mol. The lowest BCUT2D eigenvalue weighted by Gasteiger charge is -2.36. The van der Waals surface area contributed by atoms with Crippen LogP contribution in [-0.2, 0) is 0 Å². The van der Waals surface area contributed by atoms with Crippen molar-refractivity contribution in [3.8, 4) is 11.5 Å². The normalized spacial score (nSPS) is 17.2. The Morgan fingerprint density at radius 1 is 0.892 bits per heavy atom. The van der Waals surface area contributed by atoms with Crippen molar-refractivity contribution >= 4 is 34.1 Å². The van der Waals surface area contributed by atoms with Gasteiger partial charge in [0, 0.05) is 49.0 Å². The van der Waals surface area contributed by atoms with Crippen LogP contribution in [0.1, 0.15) is 25.7 Å². The smallest absolute Gasteiger partial charge is 0.319 e. The first kappa shape index (κ1) is 24.4. The van der Waals surface area contributed by atoms with Gasteiger partial charge in [-0.15, -0.1) is 0 Å². The summed E-state index contributed by atoms with van der Waals surface area (Å²) in [4.78, 5) is 21.1. The second kappa shape index (κ2) is 10.8. The predicted octanol–water partition coefficient (Wildman–Crippen LogP) is 6.40. The maximum atomic E-state index is 12.5. The molecule has 4 aromatic rings. The van der Waals surface area contributed by atoms with Crippen molar-refractivity contribution in [2.45, 2.75) is 37.8 Å². The zero-order valence-electron chi connectivity index (χ0n) is 21.3. The second-order valence-corrected chi connectivity index (χ2v) is 9.71. The lowest BCUT2D eigenvalue weighted by Crippen LogP contribution is -2.46. The van der Waals surface area contributed by atoms with Crippen LogP contribution in [0.4, 0.5) is 22.0 Å². The molecule has 1 aromatic heterocycles. The molecule has 0 bridgehead atoms. The summed E-state index contributed by atoms with van der Waals surface area (Å²) in [5.41, 5.74) is 8.75. The van der Waals surface area contributed by atoms with E-state index >= 15 is 0 Å². The maximum absolute atomic E-state index is 12.5. The Balaban J connectivity index is 1.24. The summed E-state index contributed by atoms with van der Waals surface area (Å²) in [5.74, 6) is 2.37. The topological polar surface area (TPSA) is 83.7 Å². The molecule has 3 aromatic carbocycles. The van der Waals surface area contributed by atoms with Gasteiger partial charge in [0.15, 0.2) is 0 Å². The fourth-order valence-corrected chi connectivity index (χ4v) is 5.11. The Kier molecular flexibility index (Phi) is 7.12. The maximum Gasteiger partial charge on any atom is 0.319 e. The molecule has 1 heterocycles. The van der Waals surface area contributed by atoms with E-state index in [1.165, 1.54) is 0 Å². The summed E-state index contributed by atoms with van der Waals surface area (Å²) in [5, 5.41) is 4.78. The van der Waals surface area contributed by atoms with Gasteiger partial charge in [-0.3, -0.25) is 4.90 Å². The van der Waals surface area contributed by atoms with Gasteiger partial charge in [0.05, 0.1) is 5.52 Å². The van der Waals surface area contributed by atoms with E-state index in [0.29, 0.717) is 5.75 Å². The first-order valence-corrected chi connectivity index (χ1v) is 12.7. The van der Waals surface area contributed by atoms with Crippen LogP contribution in [0.25, 0.3) is 10.9 Å². The molecule has 0 saturated heterocycles. The van der Waals surface area contributed by atoms with Gasteiger partial charge in [-0.1, -0.05) is 36.4 Å². The van der Waals surface area contributed by atoms with E-state index in [0.717, 1.165) is 59.5 Å². The molecule has 7 heteroatoms. The summed E-state index contributed by atoms with van der Waals surface area (Å²) >= 11 is 0. The molecule has 3 N–H and O–H groups in total. The van der Waals surface area contributed by atoms with Crippen molar-refractivity contribution in [1.29, 1.82) is 0 Å². The van der Waals surface area contributed by atoms with E-state index in [-0.39, 0.29) is 12.1 Å². The van der Waals surface area contributed by atoms with Crippen LogP contribution in [0.3, 0.4) is 0 Å². The molecule has 0 spiro atoms. The molecule has 37 heavy (non-hydrogen) atoms. The lowest BCUT2D eigenvalue weighted by molar-refractivity contribution is 0.248. The first-order chi connectivity index (χ1) is 18.0. The van der Waals surface area contributed by atoms with Crippen molar-refractivity contribution in [3.05, 3.63) is 84.9 Å². The highest BCUT2D eigenvalue weighted by atomic mass is 16.5. The summed E-state index contributed by atoms with van der Waals surface area (Å²) in [6.07, 6.45) is 3.57. The fourth-order valence-electron chi connectivity index (χ4n) is 5.11. The highest BCUT2D eigenvalue weighted by molar-refractivity contribution is 5.93. The van der Waals surface area contributed by atoms with Crippen LogP contribution in [0, 0.1) is 0 Å². The molecule has 0 atom stereocenters. The van der Waals surface area contributed by atoms with Gasteiger partial charge in [0.2, 0.25) is 0 Å². The quantitative estimate of drug-likeness (QED) is 0.310. The molecule has 2 amide bonds. The number of anilines is 3. The van der Waals surface area contributed by atoms with Crippen molar-refractivity contribution in [1.82, 2.24) is 4.98 Å². The highest BCUT2D eigenvalue weighted by Gasteiger charge is 2.29. The molecular formula is C30H33N5O2. The Labute approximate surface area is 217 Å². The molecule has 1 saturated carbocycles. The van der Waals surface area contributed by atoms with Crippen molar-refractivity contribution in [3.63, 3.8) is 0 Å². The number of carbonyl (C=O) groups is 1. The number of nitrogens with one attached hydrogen (secondary N) is 1. The van der Waals surface area contributed by atoms with Gasteiger partial charge >= 0.3 is 6.03 Å². The molecule has 190 valence electrons. The Morgan fingerprint density at radius 2 is 1.54 bits per heavy atom. The number of primary amides is 1. The minimum atomic E-state index is -0.431. The third-order valence-electron chi connectivity index (χ3n) is 6.92. The molecule has 1 fully saturated rings. The van der Waals surface area contributed by atoms with E-state index in [9.17, 15) is 4.79 Å². The number of nitrogens with two attached hydrogens (primary N) is 1. The standard InChI is InChI=1S/C30H33N5O2/c1-34(2)28-20-29(33-27-11-7-6-10-26(27)28)32-21-12-14-22(15-13-21)35(30(31)36)23-16-18-25(19-17-23)37-24-8-4-3-5-9-24/h3-11,16-22H,12-15H2,1-2H3,(H2,31,36)(H,32,33). The third kappa shape index (κ3) is 5.61. The number of carbonyl (C=O) groups excluding carboxylic acids is 1. The predicted molar refractivity (Wildman–Crippen MR) is 151 cm³/mol. The van der Waals surface area contributed by atoms with Gasteiger partial charge < -0.3 is 20.7 Å². The number of aromatic nitrogens is 1. The van der Waals surface area contributed by atoms with Crippen LogP contribution in [-0.4, -0.2) is 37.2 Å². The van der Waals surface area contributed by atoms with Crippen LogP contribution >= 0.6 is 0 Å². The average Bonchev–Trinajstić information content (AvgIpc) is 2.91. The van der Waals surface area contributed by atoms with E-state index < -0.39 is 6.03 Å². The molecule has 0 aliphatic heterocycles. The minimum absolute atomic E-state index is 0.0540. The molecule has 0 unspecified atom stereocenters. The first-order valence-electron chi connectivity index (χ1n) is 12.7. The van der Waals surface area contributed by atoms with E-state index in [1.807, 2.05) is 72.8 Å². The van der Waals surface area contributed by atoms with Crippen molar-refractivity contribution in [2.24, 2.45) is 5.73 Å². The van der Waals surface area contributed by atoms with Gasteiger partial charge in [-0.05, 0) is 68.1 Å². The second-order valence-electron chi connectivity index (χ2n) is 9.71. The van der Waals surface area contributed by atoms with Gasteiger partial charge in [-0.2, -0.15) is 0 Å². The van der Waals surface area contributed by atoms with Gasteiger partial charge in [0.1, 0.15) is 17.3 Å². The molecule has 5 rings (SSSR count). The number of nitrogens with zero attached hydrogens (tertiary/aromatic N) is 3. The Bertz CT molecular complexity index is 1350. The van der Waals surface area contributed by atoms with E-state index in [1.54, 1.807) is 4.90 Å². The van der Waals surface area contributed by atoms with E-state index in [2.05, 4.69) is 36.4 Å². The average molecular weight is 496 g/mol. The zero-order valence-corrected chi connectivity index (χ0v) is 21.3. The number of para-hydroxylation sites is 2. The number of ether oxygens (including phenoxy) is 1. The van der Waals surface area contributed by atoms with Gasteiger partial charge in [-0.25, -0.2) is 9.78 Å². The molecule has 1 aliphatic carbocycles. The van der Waals surface area contributed by atoms with Crippen LogP contribution < -0.4 is 25.6 Å². The van der Waals surface area contributed by atoms with Crippen molar-refractivity contribution < 1.29 is 9.53 Å². The van der Waals surface area contributed by atoms with Crippen molar-refractivity contribution in [2.75, 3.05) is 29.2 Å². The number of fused-ring (bicyclic) bond motifs is 1. The molecule has 0 radical (unpaired) electrons. The number of amides is 2. The minimum Gasteiger partial charge on any atom is -0.457 e. The number of hydrogen-bond donors (Lipinski definition) is 2. The number of rotatable bonds is 7. The summed E-state index contributed by atoms with van der Waals surface area (Å²) in [6, 6.07) is 27.4. The third-order valence-corrected chi connectivity index (χ3v) is 6.92. The molecule has 1 aliphatic rings. The number of pyridine rings is 1. The van der Waals surface area contributed by atoms with Crippen LogP contribution in [0.2, 0.25) is 0 Å². The number of benzene rings is 3. The molecular weight excluding hydrogens is 462 g/mol. The summed E-state index contributed by atoms with van der Waals surface area (Å²) in [7, 11) is 4.10. The van der Waals surface area contributed by atoms with Gasteiger partial charge in [0.25, 0.3) is 0 Å². The molecule has 7 nitrogen and oxygen atoms in total. The lowest BCUT2D eigenvalue weighted by atomic mass is 9.90. The Morgan fingerprint density at radius 3 is 2.22 bits per heavy atom. The fraction of sp³-hybridized carbons (Fsp3) is 0.267. The summed E-state index contributed by atoms with van der Waals surface area (Å²) in [6.45, 7) is 0. The van der Waals surface area contributed by atoms with Crippen LogP contribution in [0.15, 0.2) is 84.9 Å². The van der Waals surface area contributed by atoms with E-state index in [4.69, 9.17) is 15.5 Å².